The number of carbonyl (C=O) groups is 1. The molecule has 0 aliphatic heterocycles. The van der Waals surface area contributed by atoms with Gasteiger partial charge in [0.1, 0.15) is 11.1 Å². The van der Waals surface area contributed by atoms with E-state index in [0.717, 1.165) is 16.8 Å². The van der Waals surface area contributed by atoms with Crippen molar-refractivity contribution in [1.29, 1.82) is 0 Å². The Balaban J connectivity index is 3.01. The number of thioether (sulfide) groups is 1. The Bertz CT molecular complexity index is 452. The molecule has 1 aromatic heterocycles. The molecule has 7 heteroatoms. The third-order valence-electron chi connectivity index (χ3n) is 2.92. The van der Waals surface area contributed by atoms with Crippen molar-refractivity contribution in [3.8, 4) is 0 Å². The first kappa shape index (κ1) is 16.2. The fourth-order valence-electron chi connectivity index (χ4n) is 1.83. The zero-order valence-electron chi connectivity index (χ0n) is 12.0. The van der Waals surface area contributed by atoms with Crippen LogP contribution in [-0.4, -0.2) is 57.7 Å². The van der Waals surface area contributed by atoms with Crippen LogP contribution >= 0.6 is 11.8 Å². The summed E-state index contributed by atoms with van der Waals surface area (Å²) < 4.78 is 2.09. The molecule has 108 valence electrons. The second kappa shape index (κ2) is 6.04. The van der Waals surface area contributed by atoms with Crippen LogP contribution in [0.4, 0.5) is 0 Å². The zero-order valence-corrected chi connectivity index (χ0v) is 12.8. The van der Waals surface area contributed by atoms with Gasteiger partial charge in [0.25, 0.3) is 0 Å². The maximum Gasteiger partial charge on any atom is 0.192 e. The average Bonchev–Trinajstić information content (AvgIpc) is 2.54. The number of nitrogens with zero attached hydrogens (tertiary/aromatic N) is 3. The lowest BCUT2D eigenvalue weighted by Gasteiger charge is -2.39. The maximum atomic E-state index is 11.5. The number of aliphatic hydroxyl groups is 1. The summed E-state index contributed by atoms with van der Waals surface area (Å²) in [6.07, 6.45) is 0.270. The third-order valence-corrected chi connectivity index (χ3v) is 3.93. The zero-order chi connectivity index (χ0) is 14.8. The summed E-state index contributed by atoms with van der Waals surface area (Å²) >= 11 is 1.09. The lowest BCUT2D eigenvalue weighted by molar-refractivity contribution is -0.912. The van der Waals surface area contributed by atoms with Gasteiger partial charge in [-0.1, -0.05) is 0 Å². The smallest absolute Gasteiger partial charge is 0.192 e. The number of aliphatic hydroxyl groups excluding tert-OH is 1. The van der Waals surface area contributed by atoms with Crippen molar-refractivity contribution in [1.82, 2.24) is 9.55 Å². The van der Waals surface area contributed by atoms with Crippen LogP contribution in [0.2, 0.25) is 0 Å². The van der Waals surface area contributed by atoms with Crippen molar-refractivity contribution in [2.75, 3.05) is 21.1 Å². The van der Waals surface area contributed by atoms with Crippen LogP contribution in [-0.2, 0) is 18.3 Å². The van der Waals surface area contributed by atoms with Gasteiger partial charge in [0.2, 0.25) is 0 Å². The van der Waals surface area contributed by atoms with E-state index in [9.17, 15) is 15.0 Å². The molecular weight excluding hydrogens is 266 g/mol. The van der Waals surface area contributed by atoms with Crippen LogP contribution in [0.3, 0.4) is 0 Å². The van der Waals surface area contributed by atoms with Gasteiger partial charge in [-0.15, -0.1) is 0 Å². The van der Waals surface area contributed by atoms with E-state index in [1.807, 2.05) is 21.1 Å². The number of quaternary nitrogens is 1. The van der Waals surface area contributed by atoms with E-state index < -0.39 is 12.3 Å². The highest BCUT2D eigenvalue weighted by Gasteiger charge is 2.28. The lowest BCUT2D eigenvalue weighted by atomic mass is 10.1. The molecule has 1 aromatic rings. The molecule has 0 saturated carbocycles. The highest BCUT2D eigenvalue weighted by Crippen LogP contribution is 2.24. The van der Waals surface area contributed by atoms with Gasteiger partial charge in [0, 0.05) is 26.7 Å². The summed E-state index contributed by atoms with van der Waals surface area (Å²) in [5.41, 5.74) is 0.677. The standard InChI is InChI=1S/C12H21N3O3S/c1-8(16)19-11-9(13-7-14(11)2)6-10(12(17)18)15(3,4)5/h7,10,12,17H,6H2,1-5H3/t10-,12?/m0/s1. The summed E-state index contributed by atoms with van der Waals surface area (Å²) in [6, 6.07) is -0.513. The molecule has 6 nitrogen and oxygen atoms in total. The first-order valence-electron chi connectivity index (χ1n) is 5.96. The summed E-state index contributed by atoms with van der Waals surface area (Å²) in [5.74, 6) is 0. The molecule has 19 heavy (non-hydrogen) atoms. The van der Waals surface area contributed by atoms with Crippen molar-refractivity contribution in [3.05, 3.63) is 12.0 Å². The molecule has 0 bridgehead atoms. The fraction of sp³-hybridized carbons (Fsp3) is 0.667. The van der Waals surface area contributed by atoms with Gasteiger partial charge in [-0.25, -0.2) is 4.98 Å². The first-order chi connectivity index (χ1) is 8.62. The van der Waals surface area contributed by atoms with Crippen LogP contribution < -0.4 is 5.11 Å². The minimum absolute atomic E-state index is 0.0330. The third kappa shape index (κ3) is 4.31. The van der Waals surface area contributed by atoms with Gasteiger partial charge in [0.15, 0.2) is 5.12 Å². The monoisotopic (exact) mass is 287 g/mol. The molecule has 0 fully saturated rings. The Morgan fingerprint density at radius 1 is 1.58 bits per heavy atom. The van der Waals surface area contributed by atoms with Gasteiger partial charge >= 0.3 is 0 Å². The van der Waals surface area contributed by atoms with Gasteiger partial charge < -0.3 is 19.3 Å². The van der Waals surface area contributed by atoms with Crippen molar-refractivity contribution in [2.24, 2.45) is 7.05 Å². The van der Waals surface area contributed by atoms with Crippen molar-refractivity contribution < 1.29 is 19.5 Å². The number of likely N-dealkylation sites (N-methyl/N-ethyl adjacent to an activating group) is 1. The number of aromatic nitrogens is 2. The Morgan fingerprint density at radius 3 is 2.58 bits per heavy atom. The van der Waals surface area contributed by atoms with Crippen LogP contribution in [0, 0.1) is 0 Å². The summed E-state index contributed by atoms with van der Waals surface area (Å²) in [4.78, 5) is 15.5. The second-order valence-electron chi connectivity index (χ2n) is 5.48. The molecule has 0 aromatic carbocycles. The van der Waals surface area contributed by atoms with Gasteiger partial charge in [-0.2, -0.15) is 0 Å². The number of hydrogen-bond donors (Lipinski definition) is 1. The fourth-order valence-corrected chi connectivity index (χ4v) is 2.55. The SMILES string of the molecule is CC(=O)Sc1c(C[C@@H](C([O-])O)[N+](C)(C)C)ncn1C. The summed E-state index contributed by atoms with van der Waals surface area (Å²) in [6.45, 7) is 1.49. The molecule has 0 amide bonds. The van der Waals surface area contributed by atoms with Gasteiger partial charge in [0.05, 0.1) is 33.2 Å². The highest BCUT2D eigenvalue weighted by atomic mass is 32.2. The number of imidazole rings is 1. The molecule has 1 rings (SSSR count). The molecule has 0 saturated heterocycles. The second-order valence-corrected chi connectivity index (χ2v) is 6.64. The van der Waals surface area contributed by atoms with Gasteiger partial charge in [-0.05, 0) is 11.8 Å². The molecule has 2 atom stereocenters. The number of rotatable bonds is 5. The first-order valence-corrected chi connectivity index (χ1v) is 6.78. The number of hydrogen-bond acceptors (Lipinski definition) is 5. The van der Waals surface area contributed by atoms with Crippen LogP contribution in [0.25, 0.3) is 0 Å². The number of aryl methyl sites for hydroxylation is 1. The molecule has 0 spiro atoms. The van der Waals surface area contributed by atoms with Crippen molar-refractivity contribution in [2.45, 2.75) is 30.7 Å². The average molecular weight is 287 g/mol. The van der Waals surface area contributed by atoms with Crippen LogP contribution in [0.15, 0.2) is 11.4 Å². The van der Waals surface area contributed by atoms with E-state index in [-0.39, 0.29) is 5.12 Å². The minimum atomic E-state index is -1.68. The Hall–Kier alpha value is -0.890. The molecule has 0 radical (unpaired) electrons. The van der Waals surface area contributed by atoms with Crippen LogP contribution in [0.1, 0.15) is 12.6 Å². The van der Waals surface area contributed by atoms with E-state index in [1.54, 1.807) is 17.9 Å². The Labute approximate surface area is 117 Å². The largest absolute Gasteiger partial charge is 0.827 e. The molecule has 1 N–H and O–H groups in total. The minimum Gasteiger partial charge on any atom is -0.827 e. The molecule has 1 unspecified atom stereocenters. The Kier molecular flexibility index (Phi) is 5.14. The molecule has 1 heterocycles. The topological polar surface area (TPSA) is 78.2 Å². The van der Waals surface area contributed by atoms with Gasteiger partial charge in [-0.3, -0.25) is 4.79 Å². The quantitative estimate of drug-likeness (QED) is 0.442. The van der Waals surface area contributed by atoms with E-state index in [2.05, 4.69) is 4.98 Å². The van der Waals surface area contributed by atoms with Crippen LogP contribution in [0.5, 0.6) is 0 Å². The lowest BCUT2D eigenvalue weighted by Crippen LogP contribution is -2.57. The molecule has 0 aliphatic rings. The molecular formula is C12H21N3O3S. The normalized spacial score (nSPS) is 15.3. The van der Waals surface area contributed by atoms with E-state index in [4.69, 9.17) is 0 Å². The Morgan fingerprint density at radius 2 is 2.16 bits per heavy atom. The van der Waals surface area contributed by atoms with E-state index in [1.165, 1.54) is 6.92 Å². The summed E-state index contributed by atoms with van der Waals surface area (Å²) in [7, 11) is 7.36. The van der Waals surface area contributed by atoms with Crippen molar-refractivity contribution >= 4 is 16.9 Å². The predicted octanol–water partition coefficient (Wildman–Crippen LogP) is -0.645. The predicted molar refractivity (Wildman–Crippen MR) is 71.3 cm³/mol. The molecule has 0 aliphatic carbocycles. The van der Waals surface area contributed by atoms with Crippen molar-refractivity contribution in [3.63, 3.8) is 0 Å². The van der Waals surface area contributed by atoms with E-state index in [0.29, 0.717) is 16.6 Å². The summed E-state index contributed by atoms with van der Waals surface area (Å²) in [5, 5.41) is 21.6. The number of carbonyl (C=O) groups excluding carboxylic acids is 1. The maximum absolute atomic E-state index is 11.5. The van der Waals surface area contributed by atoms with E-state index >= 15 is 0 Å². The highest BCUT2D eigenvalue weighted by molar-refractivity contribution is 8.13.